The van der Waals surface area contributed by atoms with Crippen LogP contribution in [-0.4, -0.2) is 48.8 Å². The molecule has 3 rings (SSSR count). The molecule has 32 heavy (non-hydrogen) atoms. The topological polar surface area (TPSA) is 70.7 Å². The van der Waals surface area contributed by atoms with Crippen LogP contribution < -0.4 is 15.4 Å². The molecular weight excluding hydrogens is 423 g/mol. The van der Waals surface area contributed by atoms with E-state index in [2.05, 4.69) is 52.3 Å². The van der Waals surface area contributed by atoms with Crippen LogP contribution in [0.2, 0.25) is 0 Å². The van der Waals surface area contributed by atoms with Gasteiger partial charge in [0.1, 0.15) is 5.75 Å². The minimum absolute atomic E-state index is 0.0197. The van der Waals surface area contributed by atoms with E-state index in [1.165, 1.54) is 28.8 Å². The summed E-state index contributed by atoms with van der Waals surface area (Å²) in [6.07, 6.45) is -4.04. The number of carbonyl (C=O) groups is 2. The van der Waals surface area contributed by atoms with Gasteiger partial charge in [-0.2, -0.15) is 0 Å². The lowest BCUT2D eigenvalue weighted by atomic mass is 10.1. The van der Waals surface area contributed by atoms with Gasteiger partial charge in [-0.1, -0.05) is 29.8 Å². The number of amides is 2. The fourth-order valence-corrected chi connectivity index (χ4v) is 3.73. The maximum Gasteiger partial charge on any atom is 0.573 e. The first-order valence-corrected chi connectivity index (χ1v) is 10.3. The molecule has 2 N–H and O–H groups in total. The van der Waals surface area contributed by atoms with Gasteiger partial charge in [-0.3, -0.25) is 14.5 Å². The molecular formula is C23H26F3N3O3. The van der Waals surface area contributed by atoms with Crippen LogP contribution in [0.4, 0.5) is 13.2 Å². The van der Waals surface area contributed by atoms with Gasteiger partial charge in [0.2, 0.25) is 5.91 Å². The van der Waals surface area contributed by atoms with E-state index in [-0.39, 0.29) is 24.1 Å². The maximum atomic E-state index is 12.3. The number of ether oxygens (including phenoxy) is 1. The number of halogens is 3. The van der Waals surface area contributed by atoms with Gasteiger partial charge in [0.25, 0.3) is 5.91 Å². The van der Waals surface area contributed by atoms with E-state index in [0.717, 1.165) is 31.6 Å². The molecule has 1 aliphatic heterocycles. The van der Waals surface area contributed by atoms with E-state index >= 15 is 0 Å². The monoisotopic (exact) mass is 449 g/mol. The summed E-state index contributed by atoms with van der Waals surface area (Å²) in [7, 11) is 0. The number of nitrogens with one attached hydrogen (secondary N) is 2. The zero-order valence-corrected chi connectivity index (χ0v) is 18.0. The molecule has 172 valence electrons. The first-order chi connectivity index (χ1) is 15.1. The Hall–Kier alpha value is -3.07. The Morgan fingerprint density at radius 3 is 2.66 bits per heavy atom. The predicted octanol–water partition coefficient (Wildman–Crippen LogP) is 3.32. The third-order valence-corrected chi connectivity index (χ3v) is 5.27. The molecule has 2 aromatic carbocycles. The van der Waals surface area contributed by atoms with Gasteiger partial charge < -0.3 is 15.4 Å². The summed E-state index contributed by atoms with van der Waals surface area (Å²) in [4.78, 5) is 26.7. The molecule has 1 saturated heterocycles. The Kier molecular flexibility index (Phi) is 7.40. The Labute approximate surface area is 184 Å². The van der Waals surface area contributed by atoms with Crippen molar-refractivity contribution in [1.29, 1.82) is 0 Å². The fourth-order valence-electron chi connectivity index (χ4n) is 3.73. The van der Waals surface area contributed by atoms with Gasteiger partial charge >= 0.3 is 6.36 Å². The Balaban J connectivity index is 1.44. The zero-order chi connectivity index (χ0) is 23.3. The summed E-state index contributed by atoms with van der Waals surface area (Å²) in [6.45, 7) is 6.26. The third kappa shape index (κ3) is 6.98. The van der Waals surface area contributed by atoms with Crippen molar-refractivity contribution in [3.8, 4) is 5.75 Å². The molecule has 1 heterocycles. The number of carbonyl (C=O) groups excluding carboxylic acids is 2. The van der Waals surface area contributed by atoms with Crippen LogP contribution in [0.5, 0.6) is 5.75 Å². The van der Waals surface area contributed by atoms with Gasteiger partial charge in [0, 0.05) is 31.2 Å². The normalized spacial score (nSPS) is 16.6. The summed E-state index contributed by atoms with van der Waals surface area (Å²) < 4.78 is 40.8. The van der Waals surface area contributed by atoms with Crippen molar-refractivity contribution in [3.63, 3.8) is 0 Å². The van der Waals surface area contributed by atoms with E-state index < -0.39 is 18.0 Å². The maximum absolute atomic E-state index is 12.3. The first-order valence-electron chi connectivity index (χ1n) is 10.3. The van der Waals surface area contributed by atoms with Crippen molar-refractivity contribution in [3.05, 3.63) is 64.7 Å². The number of hydrogen-bond acceptors (Lipinski definition) is 4. The average Bonchev–Trinajstić information content (AvgIpc) is 3.14. The van der Waals surface area contributed by atoms with E-state index in [1.54, 1.807) is 0 Å². The molecule has 1 aliphatic rings. The molecule has 6 nitrogen and oxygen atoms in total. The number of benzene rings is 2. The second kappa shape index (κ2) is 10.0. The van der Waals surface area contributed by atoms with Crippen molar-refractivity contribution in [2.75, 3.05) is 19.6 Å². The molecule has 0 bridgehead atoms. The minimum Gasteiger partial charge on any atom is -0.406 e. The second-order valence-electron chi connectivity index (χ2n) is 7.98. The van der Waals surface area contributed by atoms with E-state index in [9.17, 15) is 22.8 Å². The SMILES string of the molecule is Cc1ccc(CN2CC[C@@H](NC(=O)CNC(=O)c3cccc(OC(F)(F)F)c3)C2)c(C)c1. The van der Waals surface area contributed by atoms with Crippen molar-refractivity contribution >= 4 is 11.8 Å². The van der Waals surface area contributed by atoms with E-state index in [1.807, 2.05) is 0 Å². The van der Waals surface area contributed by atoms with E-state index in [4.69, 9.17) is 0 Å². The number of likely N-dealkylation sites (tertiary alicyclic amines) is 1. The lowest BCUT2D eigenvalue weighted by Crippen LogP contribution is -2.43. The van der Waals surface area contributed by atoms with E-state index in [0.29, 0.717) is 6.54 Å². The molecule has 0 unspecified atom stereocenters. The van der Waals surface area contributed by atoms with Crippen LogP contribution in [0.15, 0.2) is 42.5 Å². The molecule has 2 amide bonds. The number of rotatable bonds is 7. The Morgan fingerprint density at radius 2 is 1.94 bits per heavy atom. The number of hydrogen-bond donors (Lipinski definition) is 2. The molecule has 2 aromatic rings. The summed E-state index contributed by atoms with van der Waals surface area (Å²) in [5, 5.41) is 5.32. The van der Waals surface area contributed by atoms with Crippen LogP contribution >= 0.6 is 0 Å². The minimum atomic E-state index is -4.84. The van der Waals surface area contributed by atoms with Gasteiger partial charge in [-0.05, 0) is 49.6 Å². The van der Waals surface area contributed by atoms with Gasteiger partial charge in [-0.15, -0.1) is 13.2 Å². The van der Waals surface area contributed by atoms with Crippen molar-refractivity contribution in [1.82, 2.24) is 15.5 Å². The van der Waals surface area contributed by atoms with Crippen LogP contribution in [-0.2, 0) is 11.3 Å². The number of aryl methyl sites for hydroxylation is 2. The van der Waals surface area contributed by atoms with Gasteiger partial charge in [-0.25, -0.2) is 0 Å². The highest BCUT2D eigenvalue weighted by atomic mass is 19.4. The Bertz CT molecular complexity index is 978. The summed E-state index contributed by atoms with van der Waals surface area (Å²) in [5.41, 5.74) is 3.69. The highest BCUT2D eigenvalue weighted by molar-refractivity contribution is 5.96. The van der Waals surface area contributed by atoms with Crippen molar-refractivity contribution < 1.29 is 27.5 Å². The smallest absolute Gasteiger partial charge is 0.406 e. The van der Waals surface area contributed by atoms with Gasteiger partial charge in [0.05, 0.1) is 6.54 Å². The summed E-state index contributed by atoms with van der Waals surface area (Å²) >= 11 is 0. The highest BCUT2D eigenvalue weighted by Crippen LogP contribution is 2.23. The molecule has 0 radical (unpaired) electrons. The largest absolute Gasteiger partial charge is 0.573 e. The molecule has 1 atom stereocenters. The second-order valence-corrected chi connectivity index (χ2v) is 7.98. The number of alkyl halides is 3. The van der Waals surface area contributed by atoms with Crippen molar-refractivity contribution in [2.24, 2.45) is 0 Å². The van der Waals surface area contributed by atoms with Crippen LogP contribution in [0.1, 0.15) is 33.5 Å². The molecule has 0 aliphatic carbocycles. The van der Waals surface area contributed by atoms with Crippen LogP contribution in [0.25, 0.3) is 0 Å². The standard InChI is InChI=1S/C23H26F3N3O3/c1-15-6-7-18(16(2)10-15)13-29-9-8-19(14-29)28-21(30)12-27-22(31)17-4-3-5-20(11-17)32-23(24,25)26/h3-7,10-11,19H,8-9,12-14H2,1-2H3,(H,27,31)(H,28,30)/t19-/m1/s1. The Morgan fingerprint density at radius 1 is 1.16 bits per heavy atom. The first kappa shape index (κ1) is 23.6. The summed E-state index contributed by atoms with van der Waals surface area (Å²) in [5.74, 6) is -1.50. The average molecular weight is 449 g/mol. The predicted molar refractivity (Wildman–Crippen MR) is 113 cm³/mol. The fraction of sp³-hybridized carbons (Fsp3) is 0.391. The summed E-state index contributed by atoms with van der Waals surface area (Å²) in [6, 6.07) is 11.0. The van der Waals surface area contributed by atoms with Crippen LogP contribution in [0, 0.1) is 13.8 Å². The third-order valence-electron chi connectivity index (χ3n) is 5.27. The molecule has 0 aromatic heterocycles. The zero-order valence-electron chi connectivity index (χ0n) is 18.0. The molecule has 9 heteroatoms. The lowest BCUT2D eigenvalue weighted by Gasteiger charge is -2.18. The van der Waals surface area contributed by atoms with Gasteiger partial charge in [0.15, 0.2) is 0 Å². The molecule has 0 spiro atoms. The number of nitrogens with zero attached hydrogens (tertiary/aromatic N) is 1. The van der Waals surface area contributed by atoms with Crippen LogP contribution in [0.3, 0.4) is 0 Å². The quantitative estimate of drug-likeness (QED) is 0.681. The lowest BCUT2D eigenvalue weighted by molar-refractivity contribution is -0.274. The molecule has 0 saturated carbocycles. The van der Waals surface area contributed by atoms with Crippen molar-refractivity contribution in [2.45, 2.75) is 39.2 Å². The highest BCUT2D eigenvalue weighted by Gasteiger charge is 2.31. The molecule has 1 fully saturated rings.